The van der Waals surface area contributed by atoms with Crippen molar-refractivity contribution >= 4 is 28.3 Å². The molecule has 3 rings (SSSR count). The zero-order valence-corrected chi connectivity index (χ0v) is 11.8. The van der Waals surface area contributed by atoms with Crippen LogP contribution >= 0.6 is 11.6 Å². The number of ketones is 1. The van der Waals surface area contributed by atoms with Crippen LogP contribution in [0.5, 0.6) is 0 Å². The summed E-state index contributed by atoms with van der Waals surface area (Å²) in [4.78, 5) is 16.5. The number of hydrogen-bond acceptors (Lipinski definition) is 2. The van der Waals surface area contributed by atoms with Crippen LogP contribution in [0.2, 0.25) is 5.02 Å². The van der Waals surface area contributed by atoms with E-state index in [0.717, 1.165) is 10.9 Å². The molecule has 4 heteroatoms. The molecule has 0 saturated heterocycles. The molecule has 1 heterocycles. The second kappa shape index (κ2) is 5.62. The largest absolute Gasteiger partial charge is 0.294 e. The quantitative estimate of drug-likeness (QED) is 0.669. The van der Waals surface area contributed by atoms with Crippen LogP contribution in [0.3, 0.4) is 0 Å². The van der Waals surface area contributed by atoms with E-state index in [1.54, 1.807) is 12.1 Å². The molecule has 3 aromatic rings. The third kappa shape index (κ3) is 2.78. The van der Waals surface area contributed by atoms with E-state index >= 15 is 0 Å². The van der Waals surface area contributed by atoms with Gasteiger partial charge in [0.25, 0.3) is 0 Å². The van der Waals surface area contributed by atoms with Crippen LogP contribution < -0.4 is 0 Å². The van der Waals surface area contributed by atoms with Crippen LogP contribution in [-0.2, 0) is 6.42 Å². The number of rotatable bonds is 3. The van der Waals surface area contributed by atoms with Gasteiger partial charge in [-0.25, -0.2) is 4.39 Å². The molecule has 2 aromatic carbocycles. The summed E-state index contributed by atoms with van der Waals surface area (Å²) in [5.74, 6) is -0.676. The van der Waals surface area contributed by atoms with Crippen LogP contribution in [0.4, 0.5) is 4.39 Å². The van der Waals surface area contributed by atoms with Crippen LogP contribution in [-0.4, -0.2) is 10.8 Å². The Labute approximate surface area is 126 Å². The lowest BCUT2D eigenvalue weighted by atomic mass is 10.0. The molecule has 0 atom stereocenters. The van der Waals surface area contributed by atoms with E-state index in [4.69, 9.17) is 11.6 Å². The molecular formula is C17H11ClFNO. The number of aromatic nitrogens is 1. The molecule has 0 aliphatic heterocycles. The molecule has 1 aromatic heterocycles. The van der Waals surface area contributed by atoms with Gasteiger partial charge in [-0.2, -0.15) is 0 Å². The molecular weight excluding hydrogens is 289 g/mol. The van der Waals surface area contributed by atoms with Gasteiger partial charge in [0, 0.05) is 34.2 Å². The summed E-state index contributed by atoms with van der Waals surface area (Å²) in [6.07, 6.45) is 1.44. The monoisotopic (exact) mass is 299 g/mol. The highest BCUT2D eigenvalue weighted by atomic mass is 35.5. The zero-order valence-electron chi connectivity index (χ0n) is 11.0. The molecule has 21 heavy (non-hydrogen) atoms. The SMILES string of the molecule is O=C(Cc1c(F)cccc1Cl)c1cnc2ccccc2c1. The summed E-state index contributed by atoms with van der Waals surface area (Å²) < 4.78 is 13.7. The Bertz CT molecular complexity index is 812. The number of para-hydroxylation sites is 1. The first-order valence-electron chi connectivity index (χ1n) is 6.46. The number of pyridine rings is 1. The van der Waals surface area contributed by atoms with Crippen molar-refractivity contribution in [3.63, 3.8) is 0 Å². The fraction of sp³-hybridized carbons (Fsp3) is 0.0588. The topological polar surface area (TPSA) is 30.0 Å². The Hall–Kier alpha value is -2.26. The van der Waals surface area contributed by atoms with E-state index in [1.165, 1.54) is 18.3 Å². The predicted octanol–water partition coefficient (Wildman–Crippen LogP) is 4.45. The number of fused-ring (bicyclic) bond motifs is 1. The molecule has 0 unspecified atom stereocenters. The van der Waals surface area contributed by atoms with E-state index in [0.29, 0.717) is 5.56 Å². The number of benzene rings is 2. The smallest absolute Gasteiger partial charge is 0.168 e. The lowest BCUT2D eigenvalue weighted by Gasteiger charge is -2.06. The maximum absolute atomic E-state index is 13.7. The minimum atomic E-state index is -0.468. The van der Waals surface area contributed by atoms with Crippen molar-refractivity contribution in [1.82, 2.24) is 4.98 Å². The van der Waals surface area contributed by atoms with E-state index < -0.39 is 5.82 Å². The van der Waals surface area contributed by atoms with Crippen molar-refractivity contribution in [2.75, 3.05) is 0 Å². The summed E-state index contributed by atoms with van der Waals surface area (Å²) in [5, 5.41) is 1.14. The number of carbonyl (C=O) groups excluding carboxylic acids is 1. The first-order chi connectivity index (χ1) is 10.1. The van der Waals surface area contributed by atoms with Crippen molar-refractivity contribution in [2.24, 2.45) is 0 Å². The summed E-state index contributed by atoms with van der Waals surface area (Å²) >= 11 is 5.95. The van der Waals surface area contributed by atoms with Crippen molar-refractivity contribution < 1.29 is 9.18 Å². The van der Waals surface area contributed by atoms with Gasteiger partial charge in [0.1, 0.15) is 5.82 Å². The molecule has 0 radical (unpaired) electrons. The van der Waals surface area contributed by atoms with Gasteiger partial charge < -0.3 is 0 Å². The normalized spacial score (nSPS) is 10.8. The highest BCUT2D eigenvalue weighted by molar-refractivity contribution is 6.31. The summed E-state index contributed by atoms with van der Waals surface area (Å²) in [7, 11) is 0. The third-order valence-electron chi connectivity index (χ3n) is 3.31. The molecule has 0 spiro atoms. The second-order valence-corrected chi connectivity index (χ2v) is 5.12. The second-order valence-electron chi connectivity index (χ2n) is 4.72. The van der Waals surface area contributed by atoms with E-state index in [-0.39, 0.29) is 22.8 Å². The Morgan fingerprint density at radius 1 is 1.14 bits per heavy atom. The number of carbonyl (C=O) groups is 1. The van der Waals surface area contributed by atoms with Gasteiger partial charge >= 0.3 is 0 Å². The summed E-state index contributed by atoms with van der Waals surface area (Å²) in [6, 6.07) is 13.7. The zero-order chi connectivity index (χ0) is 14.8. The summed E-state index contributed by atoms with van der Waals surface area (Å²) in [5.41, 5.74) is 1.49. The molecule has 0 aliphatic carbocycles. The minimum absolute atomic E-state index is 0.0779. The van der Waals surface area contributed by atoms with E-state index in [9.17, 15) is 9.18 Å². The Kier molecular flexibility index (Phi) is 3.67. The van der Waals surface area contributed by atoms with Gasteiger partial charge in [-0.15, -0.1) is 0 Å². The number of nitrogens with zero attached hydrogens (tertiary/aromatic N) is 1. The van der Waals surface area contributed by atoms with Crippen LogP contribution in [0.1, 0.15) is 15.9 Å². The number of Topliss-reactive ketones (excluding diaryl/α,β-unsaturated/α-hetero) is 1. The molecule has 2 nitrogen and oxygen atoms in total. The average Bonchev–Trinajstić information content (AvgIpc) is 2.50. The predicted molar refractivity (Wildman–Crippen MR) is 81.2 cm³/mol. The summed E-state index contributed by atoms with van der Waals surface area (Å²) in [6.45, 7) is 0. The highest BCUT2D eigenvalue weighted by Crippen LogP contribution is 2.21. The van der Waals surface area contributed by atoms with Gasteiger partial charge in [0.05, 0.1) is 5.52 Å². The lowest BCUT2D eigenvalue weighted by molar-refractivity contribution is 0.0991. The molecule has 0 N–H and O–H groups in total. The molecule has 0 fully saturated rings. The number of halogens is 2. The van der Waals surface area contributed by atoms with E-state index in [2.05, 4.69) is 4.98 Å². The standard InChI is InChI=1S/C17H11ClFNO/c18-14-5-3-6-15(19)13(14)9-17(21)12-8-11-4-1-2-7-16(11)20-10-12/h1-8,10H,9H2. The van der Waals surface area contributed by atoms with Gasteiger partial charge in [-0.3, -0.25) is 9.78 Å². The van der Waals surface area contributed by atoms with Crippen molar-refractivity contribution in [3.05, 3.63) is 76.7 Å². The minimum Gasteiger partial charge on any atom is -0.294 e. The lowest BCUT2D eigenvalue weighted by Crippen LogP contribution is -2.06. The van der Waals surface area contributed by atoms with Crippen LogP contribution in [0, 0.1) is 5.82 Å². The van der Waals surface area contributed by atoms with Gasteiger partial charge in [-0.05, 0) is 24.3 Å². The van der Waals surface area contributed by atoms with Gasteiger partial charge in [-0.1, -0.05) is 35.9 Å². The third-order valence-corrected chi connectivity index (χ3v) is 3.67. The molecule has 0 aliphatic rings. The average molecular weight is 300 g/mol. The Balaban J connectivity index is 1.94. The maximum atomic E-state index is 13.7. The van der Waals surface area contributed by atoms with Gasteiger partial charge in [0.15, 0.2) is 5.78 Å². The molecule has 0 bridgehead atoms. The van der Waals surface area contributed by atoms with Crippen molar-refractivity contribution in [3.8, 4) is 0 Å². The fourth-order valence-corrected chi connectivity index (χ4v) is 2.42. The first-order valence-corrected chi connectivity index (χ1v) is 6.84. The Morgan fingerprint density at radius 3 is 2.76 bits per heavy atom. The number of hydrogen-bond donors (Lipinski definition) is 0. The maximum Gasteiger partial charge on any atom is 0.168 e. The molecule has 0 amide bonds. The molecule has 0 saturated carbocycles. The van der Waals surface area contributed by atoms with Crippen LogP contribution in [0.15, 0.2) is 54.7 Å². The molecule has 104 valence electrons. The first kappa shape index (κ1) is 13.7. The van der Waals surface area contributed by atoms with Gasteiger partial charge in [0.2, 0.25) is 0 Å². The fourth-order valence-electron chi connectivity index (χ4n) is 2.19. The van der Waals surface area contributed by atoms with Crippen molar-refractivity contribution in [1.29, 1.82) is 0 Å². The Morgan fingerprint density at radius 2 is 1.95 bits per heavy atom. The highest BCUT2D eigenvalue weighted by Gasteiger charge is 2.14. The van der Waals surface area contributed by atoms with Crippen molar-refractivity contribution in [2.45, 2.75) is 6.42 Å². The van der Waals surface area contributed by atoms with Crippen LogP contribution in [0.25, 0.3) is 10.9 Å². The van der Waals surface area contributed by atoms with E-state index in [1.807, 2.05) is 24.3 Å².